The van der Waals surface area contributed by atoms with Crippen molar-refractivity contribution in [3.63, 3.8) is 0 Å². The molecule has 0 amide bonds. The van der Waals surface area contributed by atoms with Gasteiger partial charge in [-0.1, -0.05) is 153 Å². The molecular weight excluding hydrogens is 1180 g/mol. The van der Waals surface area contributed by atoms with Gasteiger partial charge in [0.25, 0.3) is 0 Å². The number of allylic oxidation sites excluding steroid dienone is 4. The minimum atomic E-state index is -4.80. The van der Waals surface area contributed by atoms with Crippen LogP contribution < -0.4 is 10.4 Å². The zero-order valence-corrected chi connectivity index (χ0v) is 50.3. The second-order valence-electron chi connectivity index (χ2n) is 24.9. The quantitative estimate of drug-likeness (QED) is 0.0815. The predicted molar refractivity (Wildman–Crippen MR) is 338 cm³/mol. The molecule has 10 aromatic carbocycles. The molecule has 13 rings (SSSR count). The SMILES string of the molecule is C[Si](C)(C)c1ccc(-c2ccc(-c3c4ccc(-n5c6ccc(C(F)(F)F)cc6c6cc(C(F)(F)F)ccc65)cc4c(C4=CCC(c5ccc([Si](C)(C)C)cc5)C=C4)c4ccc(-n5c6ccc(C(F)(F)F)cc6c6cc(C(F)(F)F)ccc65)cc34)cc2)cc1. The molecule has 0 saturated heterocycles. The summed E-state index contributed by atoms with van der Waals surface area (Å²) in [6, 6.07) is 48.6. The summed E-state index contributed by atoms with van der Waals surface area (Å²) in [5, 5.41) is 5.22. The van der Waals surface area contributed by atoms with Crippen molar-refractivity contribution in [3.05, 3.63) is 234 Å². The Hall–Kier alpha value is -8.61. The van der Waals surface area contributed by atoms with E-state index in [2.05, 4.69) is 106 Å². The Morgan fingerprint density at radius 1 is 0.341 bits per heavy atom. The van der Waals surface area contributed by atoms with Crippen LogP contribution in [0, 0.1) is 0 Å². The lowest BCUT2D eigenvalue weighted by molar-refractivity contribution is -0.138. The summed E-state index contributed by atoms with van der Waals surface area (Å²) in [5.41, 5.74) is 3.72. The number of halogens is 12. The minimum Gasteiger partial charge on any atom is -0.309 e. The molecule has 0 radical (unpaired) electrons. The van der Waals surface area contributed by atoms with E-state index in [4.69, 9.17) is 0 Å². The van der Waals surface area contributed by atoms with Gasteiger partial charge in [0.2, 0.25) is 0 Å². The Labute approximate surface area is 500 Å². The third kappa shape index (κ3) is 10.3. The highest BCUT2D eigenvalue weighted by Crippen LogP contribution is 2.49. The van der Waals surface area contributed by atoms with Gasteiger partial charge in [0.15, 0.2) is 0 Å². The van der Waals surface area contributed by atoms with Gasteiger partial charge in [-0.25, -0.2) is 0 Å². The lowest BCUT2D eigenvalue weighted by Gasteiger charge is -2.23. The van der Waals surface area contributed by atoms with E-state index in [-0.39, 0.29) is 49.5 Å². The highest BCUT2D eigenvalue weighted by Gasteiger charge is 2.36. The Morgan fingerprint density at radius 3 is 1.03 bits per heavy atom. The molecular formula is C72H54F12N2Si2. The Balaban J connectivity index is 1.10. The number of rotatable bonds is 8. The first-order chi connectivity index (χ1) is 41.4. The lowest BCUT2D eigenvalue weighted by atomic mass is 9.82. The largest absolute Gasteiger partial charge is 0.416 e. The molecule has 12 aromatic rings. The summed E-state index contributed by atoms with van der Waals surface area (Å²) in [5.74, 6) is -0.00420. The van der Waals surface area contributed by atoms with E-state index in [1.165, 1.54) is 34.6 Å². The second kappa shape index (κ2) is 20.5. The summed E-state index contributed by atoms with van der Waals surface area (Å²) < 4.78 is 177. The van der Waals surface area contributed by atoms with Crippen LogP contribution in [0.1, 0.15) is 45.7 Å². The molecule has 0 spiro atoms. The zero-order valence-electron chi connectivity index (χ0n) is 48.3. The molecule has 1 aliphatic carbocycles. The van der Waals surface area contributed by atoms with Crippen LogP contribution in [0.3, 0.4) is 0 Å². The molecule has 0 aliphatic heterocycles. The molecule has 444 valence electrons. The maximum Gasteiger partial charge on any atom is 0.416 e. The topological polar surface area (TPSA) is 9.86 Å². The summed E-state index contributed by atoms with van der Waals surface area (Å²) in [7, 11) is -3.25. The number of fused-ring (bicyclic) bond motifs is 8. The van der Waals surface area contributed by atoms with Crippen LogP contribution in [-0.4, -0.2) is 25.3 Å². The normalized spacial score (nSPS) is 14.8. The minimum absolute atomic E-state index is 0.00420. The average Bonchev–Trinajstić information content (AvgIpc) is 1.30. The zero-order chi connectivity index (χ0) is 62.4. The molecule has 2 nitrogen and oxygen atoms in total. The van der Waals surface area contributed by atoms with Crippen molar-refractivity contribution in [2.75, 3.05) is 0 Å². The van der Waals surface area contributed by atoms with Crippen molar-refractivity contribution < 1.29 is 52.7 Å². The van der Waals surface area contributed by atoms with E-state index in [9.17, 15) is 52.7 Å². The first-order valence-electron chi connectivity index (χ1n) is 28.6. The van der Waals surface area contributed by atoms with E-state index in [1.807, 2.05) is 48.5 Å². The number of aromatic nitrogens is 2. The monoisotopic (exact) mass is 1230 g/mol. The first kappa shape index (κ1) is 58.4. The number of benzene rings is 10. The predicted octanol–water partition coefficient (Wildman–Crippen LogP) is 21.8. The smallest absolute Gasteiger partial charge is 0.309 e. The van der Waals surface area contributed by atoms with E-state index in [0.29, 0.717) is 44.9 Å². The van der Waals surface area contributed by atoms with Crippen LogP contribution >= 0.6 is 0 Å². The average molecular weight is 1230 g/mol. The fourth-order valence-electron chi connectivity index (χ4n) is 12.7. The molecule has 2 heterocycles. The lowest BCUT2D eigenvalue weighted by Crippen LogP contribution is -2.37. The highest BCUT2D eigenvalue weighted by atomic mass is 28.3. The van der Waals surface area contributed by atoms with Gasteiger partial charge in [0, 0.05) is 38.8 Å². The van der Waals surface area contributed by atoms with E-state index >= 15 is 0 Å². The van der Waals surface area contributed by atoms with Crippen LogP contribution in [0.15, 0.2) is 200 Å². The second-order valence-corrected chi connectivity index (χ2v) is 35.1. The summed E-state index contributed by atoms with van der Waals surface area (Å²) in [6.07, 6.45) is -12.3. The summed E-state index contributed by atoms with van der Waals surface area (Å²) in [6.45, 7) is 13.7. The molecule has 0 N–H and O–H groups in total. The van der Waals surface area contributed by atoms with Crippen molar-refractivity contribution in [2.24, 2.45) is 0 Å². The molecule has 2 aromatic heterocycles. The van der Waals surface area contributed by atoms with Crippen LogP contribution in [0.5, 0.6) is 0 Å². The van der Waals surface area contributed by atoms with Gasteiger partial charge in [0.05, 0.1) is 60.5 Å². The van der Waals surface area contributed by atoms with Crippen molar-refractivity contribution in [2.45, 2.75) is 76.3 Å². The van der Waals surface area contributed by atoms with E-state index in [1.54, 1.807) is 21.3 Å². The van der Waals surface area contributed by atoms with Gasteiger partial charge in [-0.05, 0) is 164 Å². The van der Waals surface area contributed by atoms with Crippen LogP contribution in [0.2, 0.25) is 39.3 Å². The maximum absolute atomic E-state index is 14.4. The molecule has 16 heteroatoms. The fraction of sp³-hybridized carbons (Fsp3) is 0.167. The molecule has 0 bridgehead atoms. The van der Waals surface area contributed by atoms with E-state index < -0.39 is 63.1 Å². The molecule has 1 aliphatic rings. The first-order valence-corrected chi connectivity index (χ1v) is 35.6. The Kier molecular flexibility index (Phi) is 13.6. The molecule has 88 heavy (non-hydrogen) atoms. The highest BCUT2D eigenvalue weighted by molar-refractivity contribution is 6.89. The molecule has 1 unspecified atom stereocenters. The van der Waals surface area contributed by atoms with Crippen molar-refractivity contribution in [1.29, 1.82) is 0 Å². The molecule has 0 fully saturated rings. The number of hydrogen-bond acceptors (Lipinski definition) is 0. The van der Waals surface area contributed by atoms with Gasteiger partial charge < -0.3 is 9.13 Å². The van der Waals surface area contributed by atoms with Crippen molar-refractivity contribution in [1.82, 2.24) is 9.13 Å². The van der Waals surface area contributed by atoms with Crippen molar-refractivity contribution >= 4 is 97.3 Å². The fourth-order valence-corrected chi connectivity index (χ4v) is 15.0. The molecule has 0 saturated carbocycles. The molecule has 1 atom stereocenters. The summed E-state index contributed by atoms with van der Waals surface area (Å²) in [4.78, 5) is 0. The Bertz CT molecular complexity index is 4730. The van der Waals surface area contributed by atoms with Gasteiger partial charge in [-0.15, -0.1) is 0 Å². The third-order valence-electron chi connectivity index (χ3n) is 17.3. The third-order valence-corrected chi connectivity index (χ3v) is 21.4. The maximum atomic E-state index is 14.4. The number of hydrogen-bond donors (Lipinski definition) is 0. The summed E-state index contributed by atoms with van der Waals surface area (Å²) >= 11 is 0. The van der Waals surface area contributed by atoms with Crippen molar-refractivity contribution in [3.8, 4) is 33.6 Å². The van der Waals surface area contributed by atoms with Gasteiger partial charge in [0.1, 0.15) is 0 Å². The van der Waals surface area contributed by atoms with Gasteiger partial charge in [-0.2, -0.15) is 52.7 Å². The number of alkyl halides is 12. The van der Waals surface area contributed by atoms with Crippen LogP contribution in [-0.2, 0) is 24.7 Å². The Morgan fingerprint density at radius 2 is 0.682 bits per heavy atom. The standard InChI is InChI=1S/C72H54F12N2Si2/c1-87(2,3)53-25-15-43(16-26-53)41-7-11-45(12-8-41)67-55-29-23-52(86-65-33-21-49(71(79,80)81)37-59(65)60-38-50(72(82,83)84)22-34-66(60)86)40-62(55)68(46-13-9-42(10-14-46)44-17-27-54(28-18-44)88(4,5)6)56-30-24-51(39-61(56)67)85-63-31-19-47(69(73,74)75)35-57(63)58-36-48(70(76,77)78)20-32-64(58)85/h7-9,11-40,42H,10H2,1-6H3. The number of nitrogens with zero attached hydrogens (tertiary/aromatic N) is 2. The van der Waals surface area contributed by atoms with Gasteiger partial charge >= 0.3 is 24.7 Å². The van der Waals surface area contributed by atoms with Gasteiger partial charge in [-0.3, -0.25) is 0 Å². The van der Waals surface area contributed by atoms with E-state index in [0.717, 1.165) is 81.9 Å². The van der Waals surface area contributed by atoms with Crippen LogP contribution in [0.25, 0.3) is 104 Å². The van der Waals surface area contributed by atoms with Crippen LogP contribution in [0.4, 0.5) is 52.7 Å².